The number of amides is 1. The van der Waals surface area contributed by atoms with Crippen molar-refractivity contribution in [1.82, 2.24) is 9.47 Å². The number of piperidine rings is 1. The summed E-state index contributed by atoms with van der Waals surface area (Å²) in [6, 6.07) is 11.1. The van der Waals surface area contributed by atoms with Gasteiger partial charge in [-0.25, -0.2) is 4.79 Å². The summed E-state index contributed by atoms with van der Waals surface area (Å²) in [5.74, 6) is 0. The van der Waals surface area contributed by atoms with Crippen LogP contribution in [-0.2, 0) is 4.74 Å². The van der Waals surface area contributed by atoms with Crippen molar-refractivity contribution in [2.45, 2.75) is 45.3 Å². The summed E-state index contributed by atoms with van der Waals surface area (Å²) in [5.41, 5.74) is 0.850. The molecule has 22 heavy (non-hydrogen) atoms. The van der Waals surface area contributed by atoms with Gasteiger partial charge in [-0.2, -0.15) is 0 Å². The highest BCUT2D eigenvalue weighted by Crippen LogP contribution is 2.28. The van der Waals surface area contributed by atoms with Gasteiger partial charge in [0.25, 0.3) is 0 Å². The van der Waals surface area contributed by atoms with Crippen LogP contribution in [0.25, 0.3) is 10.9 Å². The van der Waals surface area contributed by atoms with Crippen LogP contribution in [0.2, 0.25) is 0 Å². The Balaban J connectivity index is 1.66. The summed E-state index contributed by atoms with van der Waals surface area (Å²) in [7, 11) is 0. The van der Waals surface area contributed by atoms with E-state index in [2.05, 4.69) is 41.1 Å². The minimum absolute atomic E-state index is 0.191. The summed E-state index contributed by atoms with van der Waals surface area (Å²) in [4.78, 5) is 13.9. The molecule has 0 bridgehead atoms. The van der Waals surface area contributed by atoms with Gasteiger partial charge in [-0.15, -0.1) is 0 Å². The number of aromatic nitrogens is 1. The predicted octanol–water partition coefficient (Wildman–Crippen LogP) is 4.21. The lowest BCUT2D eigenvalue weighted by Gasteiger charge is -2.34. The van der Waals surface area contributed by atoms with Gasteiger partial charge in [0.15, 0.2) is 0 Å². The first-order valence-electron chi connectivity index (χ1n) is 7.97. The third-order valence-electron chi connectivity index (χ3n) is 4.14. The molecule has 2 aromatic rings. The number of benzene rings is 1. The lowest BCUT2D eigenvalue weighted by molar-refractivity contribution is 0.0190. The van der Waals surface area contributed by atoms with Crippen LogP contribution >= 0.6 is 0 Å². The molecule has 1 aromatic heterocycles. The molecule has 1 fully saturated rings. The van der Waals surface area contributed by atoms with Gasteiger partial charge >= 0.3 is 6.09 Å². The maximum absolute atomic E-state index is 12.1. The molecule has 1 aliphatic rings. The lowest BCUT2D eigenvalue weighted by Crippen LogP contribution is -2.42. The van der Waals surface area contributed by atoms with Crippen LogP contribution in [0.15, 0.2) is 36.5 Å². The molecule has 1 aliphatic heterocycles. The quantitative estimate of drug-likeness (QED) is 0.790. The molecular formula is C18H24N2O2. The maximum Gasteiger partial charge on any atom is 0.410 e. The fourth-order valence-corrected chi connectivity index (χ4v) is 3.08. The smallest absolute Gasteiger partial charge is 0.410 e. The fourth-order valence-electron chi connectivity index (χ4n) is 3.08. The Bertz CT molecular complexity index is 661. The van der Waals surface area contributed by atoms with Gasteiger partial charge in [0, 0.05) is 30.8 Å². The van der Waals surface area contributed by atoms with Gasteiger partial charge in [-0.3, -0.25) is 0 Å². The predicted molar refractivity (Wildman–Crippen MR) is 88.0 cm³/mol. The third-order valence-corrected chi connectivity index (χ3v) is 4.14. The van der Waals surface area contributed by atoms with E-state index in [-0.39, 0.29) is 6.09 Å². The molecule has 0 aliphatic carbocycles. The summed E-state index contributed by atoms with van der Waals surface area (Å²) in [6.07, 6.45) is 3.91. The fraction of sp³-hybridized carbons (Fsp3) is 0.500. The summed E-state index contributed by atoms with van der Waals surface area (Å²) < 4.78 is 7.80. The largest absolute Gasteiger partial charge is 0.444 e. The van der Waals surface area contributed by atoms with Gasteiger partial charge < -0.3 is 14.2 Å². The number of carbonyl (C=O) groups is 1. The zero-order valence-electron chi connectivity index (χ0n) is 13.6. The molecular weight excluding hydrogens is 276 g/mol. The highest BCUT2D eigenvalue weighted by Gasteiger charge is 2.27. The first kappa shape index (κ1) is 14.9. The Labute approximate surface area is 131 Å². The summed E-state index contributed by atoms with van der Waals surface area (Å²) >= 11 is 0. The minimum Gasteiger partial charge on any atom is -0.444 e. The van der Waals surface area contributed by atoms with Gasteiger partial charge in [0.05, 0.1) is 0 Å². The average Bonchev–Trinajstić information content (AvgIpc) is 2.89. The number of likely N-dealkylation sites (tertiary alicyclic amines) is 1. The van der Waals surface area contributed by atoms with Crippen molar-refractivity contribution in [2.75, 3.05) is 13.1 Å². The van der Waals surface area contributed by atoms with Crippen LogP contribution in [0.5, 0.6) is 0 Å². The molecule has 1 amide bonds. The number of hydrogen-bond donors (Lipinski definition) is 0. The first-order valence-corrected chi connectivity index (χ1v) is 7.97. The van der Waals surface area contributed by atoms with E-state index in [0.29, 0.717) is 6.04 Å². The molecule has 0 spiro atoms. The van der Waals surface area contributed by atoms with E-state index < -0.39 is 5.60 Å². The van der Waals surface area contributed by atoms with Gasteiger partial charge in [0.2, 0.25) is 0 Å². The molecule has 0 unspecified atom stereocenters. The second-order valence-electron chi connectivity index (χ2n) is 6.98. The molecule has 2 heterocycles. The molecule has 0 atom stereocenters. The van der Waals surface area contributed by atoms with Crippen molar-refractivity contribution in [3.63, 3.8) is 0 Å². The van der Waals surface area contributed by atoms with Crippen LogP contribution in [0.4, 0.5) is 4.79 Å². The third kappa shape index (κ3) is 3.11. The van der Waals surface area contributed by atoms with Crippen LogP contribution in [-0.4, -0.2) is 34.3 Å². The normalized spacial score (nSPS) is 17.0. The zero-order valence-corrected chi connectivity index (χ0v) is 13.6. The number of hydrogen-bond acceptors (Lipinski definition) is 2. The van der Waals surface area contributed by atoms with Crippen molar-refractivity contribution in [3.05, 3.63) is 36.5 Å². The number of fused-ring (bicyclic) bond motifs is 1. The number of carbonyl (C=O) groups excluding carboxylic acids is 1. The van der Waals surface area contributed by atoms with Crippen molar-refractivity contribution in [1.29, 1.82) is 0 Å². The molecule has 4 nitrogen and oxygen atoms in total. The highest BCUT2D eigenvalue weighted by atomic mass is 16.6. The van der Waals surface area contributed by atoms with E-state index in [9.17, 15) is 4.79 Å². The standard InChI is InChI=1S/C18H24N2O2/c1-18(2,3)22-17(21)19-11-9-15(10-12-19)20-13-8-14-6-4-5-7-16(14)20/h4-8,13,15H,9-12H2,1-3H3. The Kier molecular flexibility index (Phi) is 3.85. The van der Waals surface area contributed by atoms with Crippen molar-refractivity contribution < 1.29 is 9.53 Å². The SMILES string of the molecule is CC(C)(C)OC(=O)N1CCC(n2ccc3ccccc32)CC1. The number of rotatable bonds is 1. The molecule has 4 heteroatoms. The van der Waals surface area contributed by atoms with Gasteiger partial charge in [0.1, 0.15) is 5.60 Å². The van der Waals surface area contributed by atoms with Crippen LogP contribution in [0, 0.1) is 0 Å². The molecule has 0 N–H and O–H groups in total. The van der Waals surface area contributed by atoms with Crippen molar-refractivity contribution in [2.24, 2.45) is 0 Å². The zero-order chi connectivity index (χ0) is 15.7. The molecule has 118 valence electrons. The maximum atomic E-state index is 12.1. The van der Waals surface area contributed by atoms with E-state index in [1.165, 1.54) is 10.9 Å². The van der Waals surface area contributed by atoms with Crippen LogP contribution in [0.3, 0.4) is 0 Å². The van der Waals surface area contributed by atoms with Crippen LogP contribution in [0.1, 0.15) is 39.7 Å². The lowest BCUT2D eigenvalue weighted by atomic mass is 10.0. The average molecular weight is 300 g/mol. The Hall–Kier alpha value is -1.97. The van der Waals surface area contributed by atoms with E-state index >= 15 is 0 Å². The summed E-state index contributed by atoms with van der Waals surface area (Å²) in [5, 5.41) is 1.28. The van der Waals surface area contributed by atoms with E-state index in [0.717, 1.165) is 25.9 Å². The first-order chi connectivity index (χ1) is 10.4. The molecule has 1 aromatic carbocycles. The Morgan fingerprint density at radius 2 is 1.82 bits per heavy atom. The Morgan fingerprint density at radius 1 is 1.14 bits per heavy atom. The van der Waals surface area contributed by atoms with Crippen molar-refractivity contribution >= 4 is 17.0 Å². The Morgan fingerprint density at radius 3 is 2.50 bits per heavy atom. The van der Waals surface area contributed by atoms with Crippen LogP contribution < -0.4 is 0 Å². The number of para-hydroxylation sites is 1. The molecule has 1 saturated heterocycles. The number of nitrogens with zero attached hydrogens (tertiary/aromatic N) is 2. The van der Waals surface area contributed by atoms with E-state index in [1.54, 1.807) is 0 Å². The summed E-state index contributed by atoms with van der Waals surface area (Å²) in [6.45, 7) is 7.23. The van der Waals surface area contributed by atoms with Gasteiger partial charge in [-0.1, -0.05) is 18.2 Å². The van der Waals surface area contributed by atoms with Crippen molar-refractivity contribution in [3.8, 4) is 0 Å². The highest BCUT2D eigenvalue weighted by molar-refractivity contribution is 5.80. The topological polar surface area (TPSA) is 34.5 Å². The minimum atomic E-state index is -0.426. The monoisotopic (exact) mass is 300 g/mol. The van der Waals surface area contributed by atoms with E-state index in [4.69, 9.17) is 4.74 Å². The molecule has 3 rings (SSSR count). The van der Waals surface area contributed by atoms with E-state index in [1.807, 2.05) is 25.7 Å². The molecule has 0 saturated carbocycles. The molecule has 0 radical (unpaired) electrons. The second kappa shape index (κ2) is 5.67. The number of ether oxygens (including phenoxy) is 1. The van der Waals surface area contributed by atoms with Gasteiger partial charge in [-0.05, 0) is 51.1 Å². The second-order valence-corrected chi connectivity index (χ2v) is 6.98.